The van der Waals surface area contributed by atoms with Gasteiger partial charge >= 0.3 is 0 Å². The maximum absolute atomic E-state index is 13.1. The molecule has 0 spiro atoms. The van der Waals surface area contributed by atoms with Crippen molar-refractivity contribution >= 4 is 39.2 Å². The number of rotatable bonds is 7. The number of Topliss-reactive ketones (excluding diaryl/α,β-unsaturated/α-hetero) is 1. The lowest BCUT2D eigenvalue weighted by atomic mass is 9.92. The minimum absolute atomic E-state index is 0.0412. The van der Waals surface area contributed by atoms with Crippen LogP contribution in [0.1, 0.15) is 36.6 Å². The summed E-state index contributed by atoms with van der Waals surface area (Å²) in [6, 6.07) is 19.0. The molecule has 1 N–H and O–H groups in total. The molecule has 0 atom stereocenters. The molecule has 0 radical (unpaired) electrons. The van der Waals surface area contributed by atoms with E-state index in [1.807, 2.05) is 11.8 Å². The van der Waals surface area contributed by atoms with Crippen molar-refractivity contribution in [2.45, 2.75) is 11.8 Å². The Hall–Kier alpha value is -4.61. The molecule has 2 aliphatic rings. The number of fused-ring (bicyclic) bond motifs is 1. The van der Waals surface area contributed by atoms with Crippen molar-refractivity contribution in [3.05, 3.63) is 107 Å². The number of ketones is 2. The molecule has 0 saturated carbocycles. The third kappa shape index (κ3) is 6.11. The summed E-state index contributed by atoms with van der Waals surface area (Å²) in [6.45, 7) is 2.66. The van der Waals surface area contributed by atoms with Gasteiger partial charge in [-0.1, -0.05) is 42.0 Å². The summed E-state index contributed by atoms with van der Waals surface area (Å²) < 4.78 is 29.4. The van der Waals surface area contributed by atoms with E-state index in [0.717, 1.165) is 5.56 Å². The van der Waals surface area contributed by atoms with Gasteiger partial charge in [-0.25, -0.2) is 0 Å². The average molecular weight is 574 g/mol. The molecule has 5 rings (SSSR count). The fraction of sp³-hybridized carbons (Fsp3) is 0.200. The van der Waals surface area contributed by atoms with Gasteiger partial charge in [0.2, 0.25) is 5.78 Å². The number of carbonyl (C=O) groups is 4. The summed E-state index contributed by atoms with van der Waals surface area (Å²) in [5.41, 5.74) is 2.81. The van der Waals surface area contributed by atoms with E-state index in [9.17, 15) is 27.6 Å². The monoisotopic (exact) mass is 573 g/mol. The molecule has 3 aromatic carbocycles. The Labute approximate surface area is 237 Å². The smallest absolute Gasteiger partial charge is 0.297 e. The van der Waals surface area contributed by atoms with Crippen LogP contribution in [-0.4, -0.2) is 74.4 Å². The Morgan fingerprint density at radius 1 is 0.854 bits per heavy atom. The number of allylic oxidation sites excluding steroid dienone is 2. The zero-order valence-electron chi connectivity index (χ0n) is 22.2. The van der Waals surface area contributed by atoms with Gasteiger partial charge in [0.15, 0.2) is 5.78 Å². The minimum atomic E-state index is -4.08. The van der Waals surface area contributed by atoms with Crippen LogP contribution in [0.15, 0.2) is 89.5 Å². The fourth-order valence-corrected chi connectivity index (χ4v) is 5.53. The van der Waals surface area contributed by atoms with Gasteiger partial charge in [0.25, 0.3) is 21.9 Å². The summed E-state index contributed by atoms with van der Waals surface area (Å²) in [7, 11) is -4.08. The SMILES string of the molecule is Cc1ccc(S(=O)(=O)OCC(=O)Nc2ccc(C(=O)N3CCN(C4=CC(=O)c5ccccc5C4=O)CC3)cc2)cc1. The van der Waals surface area contributed by atoms with Gasteiger partial charge in [-0.3, -0.25) is 23.4 Å². The van der Waals surface area contributed by atoms with E-state index in [4.69, 9.17) is 4.18 Å². The largest absolute Gasteiger partial charge is 0.365 e. The summed E-state index contributed by atoms with van der Waals surface area (Å²) in [4.78, 5) is 54.2. The lowest BCUT2D eigenvalue weighted by molar-refractivity contribution is -0.118. The second-order valence-corrected chi connectivity index (χ2v) is 11.3. The third-order valence-electron chi connectivity index (χ3n) is 6.92. The molecule has 3 aromatic rings. The highest BCUT2D eigenvalue weighted by Crippen LogP contribution is 2.25. The standard InChI is InChI=1S/C30H27N3O7S/c1-20-6-12-23(13-7-20)41(38,39)40-19-28(35)31-22-10-8-21(9-11-22)30(37)33-16-14-32(15-17-33)26-18-27(34)24-4-2-3-5-25(24)29(26)36/h2-13,18H,14-17,19H2,1H3,(H,31,35). The Balaban J connectivity index is 1.13. The Kier molecular flexibility index (Phi) is 7.82. The van der Waals surface area contributed by atoms with Crippen LogP contribution in [0.4, 0.5) is 5.69 Å². The van der Waals surface area contributed by atoms with E-state index < -0.39 is 22.6 Å². The number of benzene rings is 3. The molecule has 1 aliphatic carbocycles. The molecule has 1 aliphatic heterocycles. The van der Waals surface area contributed by atoms with Gasteiger partial charge in [0, 0.05) is 54.6 Å². The van der Waals surface area contributed by atoms with Crippen molar-refractivity contribution in [2.24, 2.45) is 0 Å². The van der Waals surface area contributed by atoms with Crippen molar-refractivity contribution in [2.75, 3.05) is 38.1 Å². The maximum atomic E-state index is 13.1. The van der Waals surface area contributed by atoms with Crippen molar-refractivity contribution in [1.82, 2.24) is 9.80 Å². The van der Waals surface area contributed by atoms with Crippen LogP contribution in [0, 0.1) is 6.92 Å². The van der Waals surface area contributed by atoms with Gasteiger partial charge in [0.1, 0.15) is 6.61 Å². The number of anilines is 1. The lowest BCUT2D eigenvalue weighted by Crippen LogP contribution is -2.49. The second kappa shape index (κ2) is 11.5. The van der Waals surface area contributed by atoms with Gasteiger partial charge in [0.05, 0.1) is 10.6 Å². The van der Waals surface area contributed by atoms with E-state index in [1.165, 1.54) is 18.2 Å². The number of hydrogen-bond donors (Lipinski definition) is 1. The van der Waals surface area contributed by atoms with E-state index in [-0.39, 0.29) is 22.4 Å². The van der Waals surface area contributed by atoms with E-state index in [2.05, 4.69) is 5.32 Å². The van der Waals surface area contributed by atoms with E-state index in [0.29, 0.717) is 54.3 Å². The number of nitrogens with one attached hydrogen (secondary N) is 1. The van der Waals surface area contributed by atoms with Gasteiger partial charge < -0.3 is 15.1 Å². The molecule has 1 saturated heterocycles. The molecule has 11 heteroatoms. The molecule has 0 bridgehead atoms. The fourth-order valence-electron chi connectivity index (χ4n) is 4.67. The zero-order valence-corrected chi connectivity index (χ0v) is 23.0. The van der Waals surface area contributed by atoms with Crippen LogP contribution in [0.25, 0.3) is 0 Å². The summed E-state index contributed by atoms with van der Waals surface area (Å²) in [5.74, 6) is -1.28. The molecule has 0 unspecified atom stereocenters. The molecule has 1 fully saturated rings. The van der Waals surface area contributed by atoms with Crippen molar-refractivity contribution < 1.29 is 31.8 Å². The van der Waals surface area contributed by atoms with Crippen molar-refractivity contribution in [3.63, 3.8) is 0 Å². The summed E-state index contributed by atoms with van der Waals surface area (Å²) in [6.07, 6.45) is 1.37. The van der Waals surface area contributed by atoms with Crippen LogP contribution < -0.4 is 5.32 Å². The Bertz CT molecular complexity index is 1650. The van der Waals surface area contributed by atoms with Crippen molar-refractivity contribution in [3.8, 4) is 0 Å². The van der Waals surface area contributed by atoms with Crippen LogP contribution >= 0.6 is 0 Å². The van der Waals surface area contributed by atoms with Crippen LogP contribution in [0.2, 0.25) is 0 Å². The Morgan fingerprint density at radius 3 is 2.15 bits per heavy atom. The van der Waals surface area contributed by atoms with E-state index >= 15 is 0 Å². The first kappa shape index (κ1) is 27.9. The van der Waals surface area contributed by atoms with Crippen molar-refractivity contribution in [1.29, 1.82) is 0 Å². The van der Waals surface area contributed by atoms with Crippen LogP contribution in [-0.2, 0) is 19.1 Å². The van der Waals surface area contributed by atoms with E-state index in [1.54, 1.807) is 65.6 Å². The van der Waals surface area contributed by atoms with Gasteiger partial charge in [-0.05, 0) is 43.3 Å². The quantitative estimate of drug-likeness (QED) is 0.427. The highest BCUT2D eigenvalue weighted by molar-refractivity contribution is 7.86. The Morgan fingerprint density at radius 2 is 1.49 bits per heavy atom. The molecule has 0 aromatic heterocycles. The first-order valence-electron chi connectivity index (χ1n) is 12.9. The lowest BCUT2D eigenvalue weighted by Gasteiger charge is -2.37. The zero-order chi connectivity index (χ0) is 29.1. The number of aryl methyl sites for hydroxylation is 1. The number of piperazine rings is 1. The molecule has 10 nitrogen and oxygen atoms in total. The predicted octanol–water partition coefficient (Wildman–Crippen LogP) is 3.06. The molecule has 41 heavy (non-hydrogen) atoms. The second-order valence-electron chi connectivity index (χ2n) is 9.70. The average Bonchev–Trinajstić information content (AvgIpc) is 2.98. The van der Waals surface area contributed by atoms with Gasteiger partial charge in [-0.2, -0.15) is 8.42 Å². The molecule has 1 heterocycles. The minimum Gasteiger partial charge on any atom is -0.365 e. The first-order valence-corrected chi connectivity index (χ1v) is 14.3. The molecule has 210 valence electrons. The normalized spacial score (nSPS) is 15.3. The van der Waals surface area contributed by atoms with Crippen LogP contribution in [0.5, 0.6) is 0 Å². The molecular formula is C30H27N3O7S. The van der Waals surface area contributed by atoms with Gasteiger partial charge in [-0.15, -0.1) is 0 Å². The predicted molar refractivity (Wildman–Crippen MR) is 150 cm³/mol. The topological polar surface area (TPSA) is 130 Å². The number of carbonyl (C=O) groups excluding carboxylic acids is 4. The van der Waals surface area contributed by atoms with Crippen LogP contribution in [0.3, 0.4) is 0 Å². The molecule has 2 amide bonds. The highest BCUT2D eigenvalue weighted by Gasteiger charge is 2.31. The number of hydrogen-bond acceptors (Lipinski definition) is 8. The number of amides is 2. The number of nitrogens with zero attached hydrogens (tertiary/aromatic N) is 2. The molecular weight excluding hydrogens is 546 g/mol. The highest BCUT2D eigenvalue weighted by atomic mass is 32.2. The summed E-state index contributed by atoms with van der Waals surface area (Å²) in [5, 5.41) is 2.55. The first-order chi connectivity index (χ1) is 19.6. The third-order valence-corrected chi connectivity index (χ3v) is 8.19. The maximum Gasteiger partial charge on any atom is 0.297 e. The summed E-state index contributed by atoms with van der Waals surface area (Å²) >= 11 is 0.